The minimum Gasteiger partial charge on any atom is -0.394 e. The van der Waals surface area contributed by atoms with Crippen molar-refractivity contribution >= 4 is 0 Å². The van der Waals surface area contributed by atoms with Gasteiger partial charge < -0.3 is 10.4 Å². The fourth-order valence-corrected chi connectivity index (χ4v) is 1.60. The maximum Gasteiger partial charge on any atom is 0.0640 e. The van der Waals surface area contributed by atoms with E-state index in [2.05, 4.69) is 10.4 Å². The van der Waals surface area contributed by atoms with Gasteiger partial charge in [-0.15, -0.1) is 0 Å². The van der Waals surface area contributed by atoms with E-state index >= 15 is 0 Å². The first-order chi connectivity index (χ1) is 6.88. The molecule has 0 bridgehead atoms. The number of nitrogens with one attached hydrogen (secondary N) is 1. The first-order valence-electron chi connectivity index (χ1n) is 5.24. The summed E-state index contributed by atoms with van der Waals surface area (Å²) < 4.78 is 1.78. The molecule has 4 heteroatoms. The summed E-state index contributed by atoms with van der Waals surface area (Å²) in [5.74, 6) is 0. The van der Waals surface area contributed by atoms with Crippen LogP contribution >= 0.6 is 0 Å². The van der Waals surface area contributed by atoms with Crippen LogP contribution in [0.1, 0.15) is 24.8 Å². The topological polar surface area (TPSA) is 50.1 Å². The third kappa shape index (κ3) is 2.33. The molecule has 1 aliphatic carbocycles. The molecule has 1 heterocycles. The molecule has 1 fully saturated rings. The van der Waals surface area contributed by atoms with E-state index in [-0.39, 0.29) is 6.61 Å². The van der Waals surface area contributed by atoms with Gasteiger partial charge in [0.15, 0.2) is 0 Å². The van der Waals surface area contributed by atoms with Crippen LogP contribution in [0.4, 0.5) is 0 Å². The van der Waals surface area contributed by atoms with Gasteiger partial charge in [0.2, 0.25) is 0 Å². The third-order valence-electron chi connectivity index (χ3n) is 2.72. The molecule has 1 aromatic rings. The summed E-state index contributed by atoms with van der Waals surface area (Å²) in [5, 5.41) is 16.3. The van der Waals surface area contributed by atoms with Crippen molar-refractivity contribution in [3.8, 4) is 0 Å². The van der Waals surface area contributed by atoms with Crippen molar-refractivity contribution in [1.82, 2.24) is 15.1 Å². The molecule has 0 radical (unpaired) electrons. The van der Waals surface area contributed by atoms with Crippen molar-refractivity contribution in [2.75, 3.05) is 6.61 Å². The van der Waals surface area contributed by atoms with Crippen molar-refractivity contribution in [2.45, 2.75) is 38.4 Å². The van der Waals surface area contributed by atoms with Gasteiger partial charge in [0.1, 0.15) is 0 Å². The molecule has 0 unspecified atom stereocenters. The summed E-state index contributed by atoms with van der Waals surface area (Å²) in [6.45, 7) is 1.64. The van der Waals surface area contributed by atoms with Gasteiger partial charge >= 0.3 is 0 Å². The highest BCUT2D eigenvalue weighted by molar-refractivity contribution is 5.03. The second kappa shape index (κ2) is 4.57. The highest BCUT2D eigenvalue weighted by Gasteiger charge is 2.16. The molecule has 0 aromatic carbocycles. The highest BCUT2D eigenvalue weighted by Crippen LogP contribution is 2.18. The number of aromatic nitrogens is 2. The van der Waals surface area contributed by atoms with Crippen molar-refractivity contribution in [3.05, 3.63) is 18.0 Å². The van der Waals surface area contributed by atoms with E-state index in [1.165, 1.54) is 24.8 Å². The summed E-state index contributed by atoms with van der Waals surface area (Å²) in [6, 6.07) is 0.719. The van der Waals surface area contributed by atoms with Gasteiger partial charge in [-0.1, -0.05) is 6.42 Å². The number of nitrogens with zero attached hydrogens (tertiary/aromatic N) is 2. The molecule has 78 valence electrons. The first-order valence-corrected chi connectivity index (χ1v) is 5.24. The van der Waals surface area contributed by atoms with Crippen LogP contribution in [0, 0.1) is 0 Å². The van der Waals surface area contributed by atoms with E-state index in [1.54, 1.807) is 4.68 Å². The van der Waals surface area contributed by atoms with Crippen LogP contribution in [0.3, 0.4) is 0 Å². The molecule has 1 aromatic heterocycles. The van der Waals surface area contributed by atoms with Gasteiger partial charge in [-0.2, -0.15) is 5.10 Å². The fourth-order valence-electron chi connectivity index (χ4n) is 1.60. The van der Waals surface area contributed by atoms with E-state index < -0.39 is 0 Å². The lowest BCUT2D eigenvalue weighted by atomic mass is 9.93. The molecule has 1 saturated carbocycles. The number of hydrogen-bond donors (Lipinski definition) is 2. The molecule has 0 atom stereocenters. The molecule has 2 rings (SSSR count). The minimum absolute atomic E-state index is 0.150. The Morgan fingerprint density at radius 3 is 3.07 bits per heavy atom. The maximum atomic E-state index is 8.72. The lowest BCUT2D eigenvalue weighted by molar-refractivity contribution is 0.269. The average molecular weight is 195 g/mol. The zero-order valence-electron chi connectivity index (χ0n) is 8.32. The summed E-state index contributed by atoms with van der Waals surface area (Å²) in [5.41, 5.74) is 1.20. The predicted molar refractivity (Wildman–Crippen MR) is 53.8 cm³/mol. The van der Waals surface area contributed by atoms with Crippen LogP contribution in [0.25, 0.3) is 0 Å². The normalized spacial score (nSPS) is 16.9. The smallest absolute Gasteiger partial charge is 0.0640 e. The zero-order valence-corrected chi connectivity index (χ0v) is 8.32. The van der Waals surface area contributed by atoms with E-state index in [0.29, 0.717) is 6.54 Å². The van der Waals surface area contributed by atoms with Gasteiger partial charge in [0.25, 0.3) is 0 Å². The molecule has 1 aliphatic rings. The Hall–Kier alpha value is -0.870. The van der Waals surface area contributed by atoms with Crippen LogP contribution in [0.15, 0.2) is 12.4 Å². The van der Waals surface area contributed by atoms with Crippen LogP contribution in [-0.4, -0.2) is 27.5 Å². The van der Waals surface area contributed by atoms with Crippen molar-refractivity contribution in [1.29, 1.82) is 0 Å². The molecule has 4 nitrogen and oxygen atoms in total. The summed E-state index contributed by atoms with van der Waals surface area (Å²) in [4.78, 5) is 0. The van der Waals surface area contributed by atoms with Crippen LogP contribution in [-0.2, 0) is 13.1 Å². The molecular formula is C10H17N3O. The monoisotopic (exact) mass is 195 g/mol. The SMILES string of the molecule is OCCn1cc(CNC2CCC2)cn1. The van der Waals surface area contributed by atoms with Gasteiger partial charge in [0, 0.05) is 24.3 Å². The lowest BCUT2D eigenvalue weighted by Gasteiger charge is -2.26. The number of aliphatic hydroxyl groups is 1. The summed E-state index contributed by atoms with van der Waals surface area (Å²) in [7, 11) is 0. The van der Waals surface area contributed by atoms with Crippen molar-refractivity contribution in [2.24, 2.45) is 0 Å². The molecule has 0 spiro atoms. The Kier molecular flexibility index (Phi) is 3.16. The van der Waals surface area contributed by atoms with Crippen LogP contribution in [0.2, 0.25) is 0 Å². The highest BCUT2D eigenvalue weighted by atomic mass is 16.3. The Labute approximate surface area is 83.9 Å². The van der Waals surface area contributed by atoms with E-state index in [0.717, 1.165) is 12.6 Å². The molecule has 0 amide bonds. The first kappa shape index (κ1) is 9.68. The number of hydrogen-bond acceptors (Lipinski definition) is 3. The molecular weight excluding hydrogens is 178 g/mol. The largest absolute Gasteiger partial charge is 0.394 e. The third-order valence-corrected chi connectivity index (χ3v) is 2.72. The quantitative estimate of drug-likeness (QED) is 0.720. The van der Waals surface area contributed by atoms with Crippen molar-refractivity contribution < 1.29 is 5.11 Å². The number of aliphatic hydroxyl groups excluding tert-OH is 1. The summed E-state index contributed by atoms with van der Waals surface area (Å²) >= 11 is 0. The van der Waals surface area contributed by atoms with E-state index in [4.69, 9.17) is 5.11 Å². The molecule has 14 heavy (non-hydrogen) atoms. The zero-order chi connectivity index (χ0) is 9.80. The lowest BCUT2D eigenvalue weighted by Crippen LogP contribution is -2.34. The Morgan fingerprint density at radius 1 is 1.57 bits per heavy atom. The van der Waals surface area contributed by atoms with Gasteiger partial charge in [-0.05, 0) is 12.8 Å². The van der Waals surface area contributed by atoms with E-state index in [9.17, 15) is 0 Å². The second-order valence-electron chi connectivity index (χ2n) is 3.84. The predicted octanol–water partition coefficient (Wildman–Crippen LogP) is 0.517. The summed E-state index contributed by atoms with van der Waals surface area (Å²) in [6.07, 6.45) is 7.83. The Balaban J connectivity index is 1.77. The van der Waals surface area contributed by atoms with E-state index in [1.807, 2.05) is 12.4 Å². The second-order valence-corrected chi connectivity index (χ2v) is 3.84. The number of rotatable bonds is 5. The standard InChI is InChI=1S/C10H17N3O/c14-5-4-13-8-9(7-12-13)6-11-10-2-1-3-10/h7-8,10-11,14H,1-6H2. The Bertz CT molecular complexity index is 281. The molecule has 2 N–H and O–H groups in total. The van der Waals surface area contributed by atoms with Crippen molar-refractivity contribution in [3.63, 3.8) is 0 Å². The van der Waals surface area contributed by atoms with Crippen LogP contribution < -0.4 is 5.32 Å². The Morgan fingerprint density at radius 2 is 2.43 bits per heavy atom. The molecule has 0 saturated heterocycles. The van der Waals surface area contributed by atoms with Gasteiger partial charge in [-0.25, -0.2) is 0 Å². The van der Waals surface area contributed by atoms with Gasteiger partial charge in [0.05, 0.1) is 19.3 Å². The van der Waals surface area contributed by atoms with Gasteiger partial charge in [-0.3, -0.25) is 4.68 Å². The molecule has 0 aliphatic heterocycles. The van der Waals surface area contributed by atoms with Crippen LogP contribution in [0.5, 0.6) is 0 Å². The average Bonchev–Trinajstić information content (AvgIpc) is 2.51. The fraction of sp³-hybridized carbons (Fsp3) is 0.700. The maximum absolute atomic E-state index is 8.72. The minimum atomic E-state index is 0.150.